The number of nitro benzene ring substituents is 1. The summed E-state index contributed by atoms with van der Waals surface area (Å²) >= 11 is 0. The number of carbonyl (C=O) groups excluding carboxylic acids is 1. The number of anilines is 1. The molecule has 1 rings (SSSR count). The SMILES string of the molecule is C[C@@H](N)C(=O)Nc1ccc(F)c([N+](=O)[O-])c1. The van der Waals surface area contributed by atoms with E-state index in [-0.39, 0.29) is 5.69 Å². The van der Waals surface area contributed by atoms with Crippen molar-refractivity contribution in [1.82, 2.24) is 0 Å². The Bertz CT molecular complexity index is 434. The third kappa shape index (κ3) is 2.74. The second-order valence-corrected chi connectivity index (χ2v) is 3.20. The summed E-state index contributed by atoms with van der Waals surface area (Å²) in [5.74, 6) is -1.45. The lowest BCUT2D eigenvalue weighted by Crippen LogP contribution is -2.32. The maximum Gasteiger partial charge on any atom is 0.306 e. The van der Waals surface area contributed by atoms with E-state index in [0.29, 0.717) is 0 Å². The molecular weight excluding hydrogens is 217 g/mol. The van der Waals surface area contributed by atoms with Gasteiger partial charge in [0.2, 0.25) is 11.7 Å². The Kier molecular flexibility index (Phi) is 3.51. The van der Waals surface area contributed by atoms with Crippen LogP contribution in [0.2, 0.25) is 0 Å². The molecule has 0 unspecified atom stereocenters. The average molecular weight is 227 g/mol. The van der Waals surface area contributed by atoms with E-state index in [2.05, 4.69) is 5.32 Å². The molecule has 16 heavy (non-hydrogen) atoms. The summed E-state index contributed by atoms with van der Waals surface area (Å²) in [7, 11) is 0. The van der Waals surface area contributed by atoms with Crippen LogP contribution in [0.25, 0.3) is 0 Å². The van der Waals surface area contributed by atoms with E-state index in [0.717, 1.165) is 12.1 Å². The Morgan fingerprint density at radius 1 is 1.62 bits per heavy atom. The number of nitrogens with one attached hydrogen (secondary N) is 1. The summed E-state index contributed by atoms with van der Waals surface area (Å²) in [6.45, 7) is 1.47. The van der Waals surface area contributed by atoms with Crippen molar-refractivity contribution in [3.8, 4) is 0 Å². The fourth-order valence-electron chi connectivity index (χ4n) is 0.986. The maximum absolute atomic E-state index is 12.9. The van der Waals surface area contributed by atoms with Crippen LogP contribution in [-0.2, 0) is 4.79 Å². The van der Waals surface area contributed by atoms with Crippen LogP contribution in [-0.4, -0.2) is 16.9 Å². The van der Waals surface area contributed by atoms with E-state index in [1.807, 2.05) is 0 Å². The predicted octanol–water partition coefficient (Wildman–Crippen LogP) is 1.02. The molecule has 0 saturated heterocycles. The van der Waals surface area contributed by atoms with Crippen LogP contribution < -0.4 is 11.1 Å². The second-order valence-electron chi connectivity index (χ2n) is 3.20. The summed E-state index contributed by atoms with van der Waals surface area (Å²) in [6, 6.07) is 2.33. The monoisotopic (exact) mass is 227 g/mol. The highest BCUT2D eigenvalue weighted by atomic mass is 19.1. The molecule has 0 radical (unpaired) electrons. The van der Waals surface area contributed by atoms with E-state index in [1.54, 1.807) is 0 Å². The topological polar surface area (TPSA) is 98.3 Å². The minimum absolute atomic E-state index is 0.135. The highest BCUT2D eigenvalue weighted by Gasteiger charge is 2.16. The molecule has 1 amide bonds. The van der Waals surface area contributed by atoms with Gasteiger partial charge < -0.3 is 11.1 Å². The minimum atomic E-state index is -0.955. The highest BCUT2D eigenvalue weighted by Crippen LogP contribution is 2.21. The van der Waals surface area contributed by atoms with Gasteiger partial charge in [0.05, 0.1) is 11.0 Å². The molecule has 1 atom stereocenters. The summed E-state index contributed by atoms with van der Waals surface area (Å²) in [5.41, 5.74) is 4.73. The molecule has 1 aromatic carbocycles. The first-order valence-electron chi connectivity index (χ1n) is 4.42. The molecule has 0 aliphatic heterocycles. The second kappa shape index (κ2) is 4.67. The molecule has 6 nitrogen and oxygen atoms in total. The molecule has 0 bridgehead atoms. The van der Waals surface area contributed by atoms with Crippen molar-refractivity contribution >= 4 is 17.3 Å². The third-order valence-electron chi connectivity index (χ3n) is 1.82. The van der Waals surface area contributed by atoms with Crippen LogP contribution in [0, 0.1) is 15.9 Å². The molecule has 0 heterocycles. The largest absolute Gasteiger partial charge is 0.324 e. The molecule has 1 aromatic rings. The standard InChI is InChI=1S/C9H10FN3O3/c1-5(11)9(14)12-6-2-3-7(10)8(4-6)13(15)16/h2-5H,11H2,1H3,(H,12,14)/t5-/m1/s1. The first kappa shape index (κ1) is 12.1. The van der Waals surface area contributed by atoms with Gasteiger partial charge in [-0.1, -0.05) is 0 Å². The number of hydrogen-bond donors (Lipinski definition) is 2. The molecule has 0 spiro atoms. The van der Waals surface area contributed by atoms with Crippen LogP contribution in [0.1, 0.15) is 6.92 Å². The summed E-state index contributed by atoms with van der Waals surface area (Å²) in [5, 5.41) is 12.8. The summed E-state index contributed by atoms with van der Waals surface area (Å²) < 4.78 is 12.9. The molecule has 0 aliphatic rings. The van der Waals surface area contributed by atoms with Gasteiger partial charge in [-0.05, 0) is 19.1 Å². The number of halogens is 1. The van der Waals surface area contributed by atoms with E-state index < -0.39 is 28.4 Å². The molecule has 0 saturated carbocycles. The number of hydrogen-bond acceptors (Lipinski definition) is 4. The third-order valence-corrected chi connectivity index (χ3v) is 1.82. The van der Waals surface area contributed by atoms with Crippen LogP contribution >= 0.6 is 0 Å². The van der Waals surface area contributed by atoms with Crippen LogP contribution in [0.4, 0.5) is 15.8 Å². The number of rotatable bonds is 3. The number of nitrogens with zero attached hydrogens (tertiary/aromatic N) is 1. The predicted molar refractivity (Wildman–Crippen MR) is 55.3 cm³/mol. The number of benzene rings is 1. The number of amides is 1. The van der Waals surface area contributed by atoms with Gasteiger partial charge in [-0.25, -0.2) is 0 Å². The molecule has 3 N–H and O–H groups in total. The Balaban J connectivity index is 2.95. The van der Waals surface area contributed by atoms with Crippen LogP contribution in [0.5, 0.6) is 0 Å². The fraction of sp³-hybridized carbons (Fsp3) is 0.222. The van der Waals surface area contributed by atoms with E-state index in [4.69, 9.17) is 5.73 Å². The Labute approximate surface area is 90.4 Å². The zero-order valence-corrected chi connectivity index (χ0v) is 8.44. The molecule has 0 aliphatic carbocycles. The van der Waals surface area contributed by atoms with Crippen molar-refractivity contribution in [3.63, 3.8) is 0 Å². The Hall–Kier alpha value is -2.02. The van der Waals surface area contributed by atoms with Crippen molar-refractivity contribution in [2.75, 3.05) is 5.32 Å². The van der Waals surface area contributed by atoms with Crippen molar-refractivity contribution in [1.29, 1.82) is 0 Å². The van der Waals surface area contributed by atoms with Crippen molar-refractivity contribution in [2.45, 2.75) is 13.0 Å². The molecule has 7 heteroatoms. The van der Waals surface area contributed by atoms with Gasteiger partial charge in [-0.3, -0.25) is 14.9 Å². The minimum Gasteiger partial charge on any atom is -0.324 e. The fourth-order valence-corrected chi connectivity index (χ4v) is 0.986. The normalized spacial score (nSPS) is 11.9. The molecule has 0 fully saturated rings. The van der Waals surface area contributed by atoms with Gasteiger partial charge in [0.25, 0.3) is 0 Å². The first-order valence-corrected chi connectivity index (χ1v) is 4.42. The van der Waals surface area contributed by atoms with Gasteiger partial charge in [0.1, 0.15) is 0 Å². The van der Waals surface area contributed by atoms with Crippen LogP contribution in [0.15, 0.2) is 18.2 Å². The number of carbonyl (C=O) groups is 1. The summed E-state index contributed by atoms with van der Waals surface area (Å²) in [4.78, 5) is 20.7. The quantitative estimate of drug-likeness (QED) is 0.594. The Morgan fingerprint density at radius 2 is 2.25 bits per heavy atom. The van der Waals surface area contributed by atoms with Gasteiger partial charge in [0.15, 0.2) is 0 Å². The number of nitro groups is 1. The lowest BCUT2D eigenvalue weighted by molar-refractivity contribution is -0.387. The molecular formula is C9H10FN3O3. The molecule has 86 valence electrons. The number of nitrogens with two attached hydrogens (primary N) is 1. The zero-order chi connectivity index (χ0) is 12.3. The van der Waals surface area contributed by atoms with Gasteiger partial charge >= 0.3 is 5.69 Å². The Morgan fingerprint density at radius 3 is 2.75 bits per heavy atom. The first-order chi connectivity index (χ1) is 7.41. The van der Waals surface area contributed by atoms with E-state index in [9.17, 15) is 19.3 Å². The van der Waals surface area contributed by atoms with Gasteiger partial charge in [-0.2, -0.15) is 4.39 Å². The van der Waals surface area contributed by atoms with E-state index in [1.165, 1.54) is 13.0 Å². The average Bonchev–Trinajstić information content (AvgIpc) is 2.20. The molecule has 0 aromatic heterocycles. The lowest BCUT2D eigenvalue weighted by atomic mass is 10.2. The van der Waals surface area contributed by atoms with E-state index >= 15 is 0 Å². The lowest BCUT2D eigenvalue weighted by Gasteiger charge is -2.07. The maximum atomic E-state index is 12.9. The van der Waals surface area contributed by atoms with Crippen molar-refractivity contribution in [2.24, 2.45) is 5.73 Å². The van der Waals surface area contributed by atoms with Crippen molar-refractivity contribution in [3.05, 3.63) is 34.1 Å². The smallest absolute Gasteiger partial charge is 0.306 e. The zero-order valence-electron chi connectivity index (χ0n) is 8.44. The van der Waals surface area contributed by atoms with Crippen LogP contribution in [0.3, 0.4) is 0 Å². The van der Waals surface area contributed by atoms with Gasteiger partial charge in [-0.15, -0.1) is 0 Å². The summed E-state index contributed by atoms with van der Waals surface area (Å²) in [6.07, 6.45) is 0. The highest BCUT2D eigenvalue weighted by molar-refractivity contribution is 5.94. The van der Waals surface area contributed by atoms with Crippen molar-refractivity contribution < 1.29 is 14.1 Å². The van der Waals surface area contributed by atoms with Gasteiger partial charge in [0, 0.05) is 11.8 Å².